The molecule has 112 valence electrons. The number of hydrogen-bond acceptors (Lipinski definition) is 2. The maximum absolute atomic E-state index is 13.4. The van der Waals surface area contributed by atoms with Gasteiger partial charge in [-0.2, -0.15) is 0 Å². The Kier molecular flexibility index (Phi) is 5.76. The first-order chi connectivity index (χ1) is 10.2. The molecule has 0 aliphatic carbocycles. The summed E-state index contributed by atoms with van der Waals surface area (Å²) in [4.78, 5) is 0. The van der Waals surface area contributed by atoms with Gasteiger partial charge in [0.05, 0.1) is 0 Å². The van der Waals surface area contributed by atoms with E-state index in [4.69, 9.17) is 4.74 Å². The van der Waals surface area contributed by atoms with Gasteiger partial charge in [-0.1, -0.05) is 32.4 Å². The summed E-state index contributed by atoms with van der Waals surface area (Å²) >= 11 is 0. The van der Waals surface area contributed by atoms with E-state index in [1.54, 1.807) is 6.07 Å². The number of aryl methyl sites for hydroxylation is 1. The molecule has 0 unspecified atom stereocenters. The van der Waals surface area contributed by atoms with Crippen molar-refractivity contribution in [3.63, 3.8) is 0 Å². The summed E-state index contributed by atoms with van der Waals surface area (Å²) < 4.78 is 19.3. The second-order valence-electron chi connectivity index (χ2n) is 5.03. The van der Waals surface area contributed by atoms with Crippen LogP contribution in [-0.4, -0.2) is 6.54 Å². The average molecular weight is 287 g/mol. The van der Waals surface area contributed by atoms with Crippen LogP contribution in [0.2, 0.25) is 0 Å². The van der Waals surface area contributed by atoms with Gasteiger partial charge in [-0.15, -0.1) is 0 Å². The normalized spacial score (nSPS) is 10.6. The highest BCUT2D eigenvalue weighted by Gasteiger charge is 2.06. The second kappa shape index (κ2) is 7.79. The molecule has 3 heteroatoms. The van der Waals surface area contributed by atoms with Crippen LogP contribution >= 0.6 is 0 Å². The summed E-state index contributed by atoms with van der Waals surface area (Å²) in [6.45, 7) is 5.61. The second-order valence-corrected chi connectivity index (χ2v) is 5.03. The van der Waals surface area contributed by atoms with Crippen LogP contribution in [0.15, 0.2) is 42.5 Å². The Bertz CT molecular complexity index is 566. The van der Waals surface area contributed by atoms with Gasteiger partial charge in [-0.3, -0.25) is 0 Å². The van der Waals surface area contributed by atoms with Gasteiger partial charge in [-0.05, 0) is 48.9 Å². The molecular weight excluding hydrogens is 265 g/mol. The Labute approximate surface area is 126 Å². The van der Waals surface area contributed by atoms with Crippen LogP contribution < -0.4 is 10.1 Å². The van der Waals surface area contributed by atoms with E-state index in [1.807, 2.05) is 19.1 Å². The average Bonchev–Trinajstić information content (AvgIpc) is 2.49. The first-order valence-electron chi connectivity index (χ1n) is 7.49. The molecule has 2 rings (SSSR count). The van der Waals surface area contributed by atoms with E-state index in [1.165, 1.54) is 17.7 Å². The van der Waals surface area contributed by atoms with E-state index in [9.17, 15) is 4.39 Å². The lowest BCUT2D eigenvalue weighted by atomic mass is 10.1. The van der Waals surface area contributed by atoms with Crippen LogP contribution in [0.5, 0.6) is 11.5 Å². The van der Waals surface area contributed by atoms with Crippen LogP contribution in [-0.2, 0) is 13.0 Å². The lowest BCUT2D eigenvalue weighted by molar-refractivity contribution is 0.470. The SMILES string of the molecule is CCCc1ccc(Oc2ccc(F)cc2CNCC)cc1. The predicted molar refractivity (Wildman–Crippen MR) is 84.3 cm³/mol. The fourth-order valence-corrected chi connectivity index (χ4v) is 2.19. The van der Waals surface area contributed by atoms with Crippen LogP contribution in [0, 0.1) is 5.82 Å². The lowest BCUT2D eigenvalue weighted by Crippen LogP contribution is -2.12. The number of ether oxygens (including phenoxy) is 1. The van der Waals surface area contributed by atoms with Crippen molar-refractivity contribution in [1.82, 2.24) is 5.32 Å². The molecule has 2 aromatic rings. The van der Waals surface area contributed by atoms with Crippen LogP contribution in [0.1, 0.15) is 31.4 Å². The zero-order valence-electron chi connectivity index (χ0n) is 12.7. The van der Waals surface area contributed by atoms with E-state index in [-0.39, 0.29) is 5.82 Å². The topological polar surface area (TPSA) is 21.3 Å². The van der Waals surface area contributed by atoms with Crippen molar-refractivity contribution in [2.24, 2.45) is 0 Å². The van der Waals surface area contributed by atoms with Crippen molar-refractivity contribution in [2.75, 3.05) is 6.54 Å². The van der Waals surface area contributed by atoms with Gasteiger partial charge in [0.15, 0.2) is 0 Å². The highest BCUT2D eigenvalue weighted by Crippen LogP contribution is 2.26. The smallest absolute Gasteiger partial charge is 0.132 e. The van der Waals surface area contributed by atoms with Gasteiger partial charge < -0.3 is 10.1 Å². The largest absolute Gasteiger partial charge is 0.457 e. The van der Waals surface area contributed by atoms with Crippen molar-refractivity contribution in [2.45, 2.75) is 33.2 Å². The number of nitrogens with one attached hydrogen (secondary N) is 1. The third kappa shape index (κ3) is 4.57. The van der Waals surface area contributed by atoms with E-state index >= 15 is 0 Å². The van der Waals surface area contributed by atoms with Crippen LogP contribution in [0.3, 0.4) is 0 Å². The molecule has 0 bridgehead atoms. The molecule has 0 saturated heterocycles. The Morgan fingerprint density at radius 2 is 1.81 bits per heavy atom. The molecule has 21 heavy (non-hydrogen) atoms. The zero-order chi connectivity index (χ0) is 15.1. The molecule has 1 N–H and O–H groups in total. The highest BCUT2D eigenvalue weighted by atomic mass is 19.1. The van der Waals surface area contributed by atoms with Gasteiger partial charge in [0.2, 0.25) is 0 Å². The predicted octanol–water partition coefficient (Wildman–Crippen LogP) is 4.68. The third-order valence-corrected chi connectivity index (χ3v) is 3.28. The number of benzene rings is 2. The molecule has 0 heterocycles. The number of hydrogen-bond donors (Lipinski definition) is 1. The molecular formula is C18H22FNO. The Balaban J connectivity index is 2.14. The third-order valence-electron chi connectivity index (χ3n) is 3.28. The molecule has 0 spiro atoms. The zero-order valence-corrected chi connectivity index (χ0v) is 12.7. The summed E-state index contributed by atoms with van der Waals surface area (Å²) in [6, 6.07) is 12.7. The molecule has 2 aromatic carbocycles. The number of rotatable bonds is 7. The van der Waals surface area contributed by atoms with Gasteiger partial charge in [0.25, 0.3) is 0 Å². The maximum Gasteiger partial charge on any atom is 0.132 e. The Morgan fingerprint density at radius 3 is 2.48 bits per heavy atom. The summed E-state index contributed by atoms with van der Waals surface area (Å²) in [5.41, 5.74) is 2.13. The van der Waals surface area contributed by atoms with Gasteiger partial charge in [-0.25, -0.2) is 4.39 Å². The molecule has 0 aliphatic heterocycles. The van der Waals surface area contributed by atoms with E-state index in [2.05, 4.69) is 24.4 Å². The highest BCUT2D eigenvalue weighted by molar-refractivity contribution is 5.39. The van der Waals surface area contributed by atoms with Crippen molar-refractivity contribution in [3.05, 3.63) is 59.4 Å². The first kappa shape index (κ1) is 15.5. The minimum absolute atomic E-state index is 0.242. The van der Waals surface area contributed by atoms with Crippen LogP contribution in [0.4, 0.5) is 4.39 Å². The number of halogens is 1. The summed E-state index contributed by atoms with van der Waals surface area (Å²) in [7, 11) is 0. The van der Waals surface area contributed by atoms with Gasteiger partial charge in [0.1, 0.15) is 17.3 Å². The summed E-state index contributed by atoms with van der Waals surface area (Å²) in [6.07, 6.45) is 2.20. The fraction of sp³-hybridized carbons (Fsp3) is 0.333. The molecule has 0 radical (unpaired) electrons. The minimum atomic E-state index is -0.242. The van der Waals surface area contributed by atoms with Gasteiger partial charge in [0, 0.05) is 12.1 Å². The first-order valence-corrected chi connectivity index (χ1v) is 7.49. The lowest BCUT2D eigenvalue weighted by Gasteiger charge is -2.12. The van der Waals surface area contributed by atoms with Crippen molar-refractivity contribution < 1.29 is 9.13 Å². The molecule has 0 saturated carbocycles. The molecule has 0 fully saturated rings. The van der Waals surface area contributed by atoms with Crippen LogP contribution in [0.25, 0.3) is 0 Å². The van der Waals surface area contributed by atoms with E-state index in [0.29, 0.717) is 12.3 Å². The quantitative estimate of drug-likeness (QED) is 0.798. The molecule has 0 atom stereocenters. The summed E-state index contributed by atoms with van der Waals surface area (Å²) in [5.74, 6) is 1.23. The minimum Gasteiger partial charge on any atom is -0.457 e. The van der Waals surface area contributed by atoms with E-state index in [0.717, 1.165) is 30.7 Å². The molecule has 0 amide bonds. The molecule has 2 nitrogen and oxygen atoms in total. The van der Waals surface area contributed by atoms with Crippen molar-refractivity contribution >= 4 is 0 Å². The Morgan fingerprint density at radius 1 is 1.05 bits per heavy atom. The standard InChI is InChI=1S/C18H22FNO/c1-3-5-14-6-9-17(10-7-14)21-18-11-8-16(19)12-15(18)13-20-4-2/h6-12,20H,3-5,13H2,1-2H3. The molecule has 0 aliphatic rings. The van der Waals surface area contributed by atoms with Gasteiger partial charge >= 0.3 is 0 Å². The monoisotopic (exact) mass is 287 g/mol. The van der Waals surface area contributed by atoms with E-state index < -0.39 is 0 Å². The molecule has 0 aromatic heterocycles. The Hall–Kier alpha value is -1.87. The fourth-order valence-electron chi connectivity index (χ4n) is 2.19. The maximum atomic E-state index is 13.4. The van der Waals surface area contributed by atoms with Crippen molar-refractivity contribution in [1.29, 1.82) is 0 Å². The van der Waals surface area contributed by atoms with Crippen molar-refractivity contribution in [3.8, 4) is 11.5 Å². The summed E-state index contributed by atoms with van der Waals surface area (Å²) in [5, 5.41) is 3.20.